The average molecular weight is 471 g/mol. The van der Waals surface area contributed by atoms with Crippen LogP contribution in [0.25, 0.3) is 16.6 Å². The minimum absolute atomic E-state index is 0.00497. The van der Waals surface area contributed by atoms with Gasteiger partial charge in [-0.2, -0.15) is 15.3 Å². The summed E-state index contributed by atoms with van der Waals surface area (Å²) in [6, 6.07) is 6.15. The smallest absolute Gasteiger partial charge is 0.411 e. The van der Waals surface area contributed by atoms with Gasteiger partial charge in [0, 0.05) is 24.2 Å². The van der Waals surface area contributed by atoms with Gasteiger partial charge in [-0.3, -0.25) is 9.69 Å². The lowest BCUT2D eigenvalue weighted by Crippen LogP contribution is -2.37. The summed E-state index contributed by atoms with van der Waals surface area (Å²) in [5.41, 5.74) is 7.49. The van der Waals surface area contributed by atoms with E-state index in [4.69, 9.17) is 22.1 Å². The number of rotatable bonds is 6. The third kappa shape index (κ3) is 4.41. The number of hydrogen-bond donors (Lipinski definition) is 3. The number of anilines is 2. The summed E-state index contributed by atoms with van der Waals surface area (Å²) < 4.78 is 7.03. The number of nitrogens with one attached hydrogen (secondary N) is 1. The summed E-state index contributed by atoms with van der Waals surface area (Å²) in [5.74, 6) is -0.00255. The summed E-state index contributed by atoms with van der Waals surface area (Å²) >= 11 is 6.04. The molecular formula is C20H19ClN8O4. The Morgan fingerprint density at radius 2 is 2.12 bits per heavy atom. The zero-order valence-corrected chi connectivity index (χ0v) is 18.3. The number of carbonyl (C=O) groups excluding carboxylic acids is 1. The van der Waals surface area contributed by atoms with Crippen molar-refractivity contribution in [2.45, 2.75) is 13.0 Å². The predicted octanol–water partition coefficient (Wildman–Crippen LogP) is 2.22. The highest BCUT2D eigenvalue weighted by molar-refractivity contribution is 6.29. The van der Waals surface area contributed by atoms with Crippen LogP contribution in [0.3, 0.4) is 0 Å². The molecule has 0 spiro atoms. The molecule has 0 radical (unpaired) electrons. The maximum absolute atomic E-state index is 12.8. The number of halogens is 1. The average Bonchev–Trinajstić information content (AvgIpc) is 3.20. The van der Waals surface area contributed by atoms with E-state index in [9.17, 15) is 14.7 Å². The van der Waals surface area contributed by atoms with Crippen molar-refractivity contribution >= 4 is 51.5 Å². The maximum Gasteiger partial charge on any atom is 0.411 e. The molecule has 12 nitrogen and oxygen atoms in total. The number of fused-ring (bicyclic) bond motifs is 2. The molecule has 4 N–H and O–H groups in total. The molecule has 2 amide bonds. The van der Waals surface area contributed by atoms with E-state index in [0.717, 1.165) is 4.90 Å². The van der Waals surface area contributed by atoms with Crippen LogP contribution in [0.4, 0.5) is 16.2 Å². The number of hydrogen-bond acceptors (Lipinski definition) is 8. The van der Waals surface area contributed by atoms with Crippen LogP contribution in [0.2, 0.25) is 5.15 Å². The summed E-state index contributed by atoms with van der Waals surface area (Å²) in [6.45, 7) is 1.90. The number of aromatic nitrogens is 5. The Hall–Kier alpha value is -4.19. The van der Waals surface area contributed by atoms with Crippen molar-refractivity contribution < 1.29 is 19.4 Å². The number of nitrogen functional groups attached to an aromatic ring is 1. The molecule has 0 fully saturated rings. The molecule has 4 aromatic rings. The number of nitrogens with zero attached hydrogens (tertiary/aromatic N) is 6. The van der Waals surface area contributed by atoms with Crippen LogP contribution in [-0.4, -0.2) is 61.6 Å². The third-order valence-corrected chi connectivity index (χ3v) is 4.98. The molecule has 0 bridgehead atoms. The number of imidazole rings is 1. The Morgan fingerprint density at radius 1 is 1.33 bits per heavy atom. The zero-order chi connectivity index (χ0) is 23.7. The van der Waals surface area contributed by atoms with Crippen molar-refractivity contribution in [3.63, 3.8) is 0 Å². The first-order valence-electron chi connectivity index (χ1n) is 9.70. The molecule has 3 aromatic heterocycles. The van der Waals surface area contributed by atoms with E-state index in [1.54, 1.807) is 25.1 Å². The highest BCUT2D eigenvalue weighted by Crippen LogP contribution is 2.25. The van der Waals surface area contributed by atoms with Gasteiger partial charge in [-0.15, -0.1) is 0 Å². The number of benzene rings is 1. The van der Waals surface area contributed by atoms with E-state index in [2.05, 4.69) is 25.6 Å². The number of carboxylic acid groups (broad SMARTS) is 1. The van der Waals surface area contributed by atoms with Crippen LogP contribution < -0.4 is 20.7 Å². The van der Waals surface area contributed by atoms with Gasteiger partial charge in [0.15, 0.2) is 16.5 Å². The first-order chi connectivity index (χ1) is 15.7. The molecule has 170 valence electrons. The Morgan fingerprint density at radius 3 is 2.88 bits per heavy atom. The van der Waals surface area contributed by atoms with Crippen molar-refractivity contribution in [3.05, 3.63) is 47.5 Å². The zero-order valence-electron chi connectivity index (χ0n) is 17.6. The van der Waals surface area contributed by atoms with Crippen LogP contribution >= 0.6 is 11.6 Å². The lowest BCUT2D eigenvalue weighted by atomic mass is 10.2. The van der Waals surface area contributed by atoms with Gasteiger partial charge in [0.25, 0.3) is 5.91 Å². The number of nitrogens with two attached hydrogens (primary N) is 1. The first kappa shape index (κ1) is 22.0. The molecule has 13 heteroatoms. The molecule has 1 atom stereocenters. The third-order valence-electron chi connectivity index (χ3n) is 4.79. The molecule has 1 unspecified atom stereocenters. The van der Waals surface area contributed by atoms with Gasteiger partial charge in [0.05, 0.1) is 29.6 Å². The predicted molar refractivity (Wildman–Crippen MR) is 121 cm³/mol. The van der Waals surface area contributed by atoms with Crippen molar-refractivity contribution in [3.8, 4) is 5.75 Å². The van der Waals surface area contributed by atoms with Crippen LogP contribution in [0.1, 0.15) is 17.4 Å². The maximum atomic E-state index is 12.8. The highest BCUT2D eigenvalue weighted by atomic mass is 35.5. The minimum atomic E-state index is -1.21. The van der Waals surface area contributed by atoms with E-state index >= 15 is 0 Å². The number of amides is 2. The second-order valence-corrected chi connectivity index (χ2v) is 7.63. The van der Waals surface area contributed by atoms with E-state index in [-0.39, 0.29) is 28.8 Å². The normalized spacial score (nSPS) is 12.0. The quantitative estimate of drug-likeness (QED) is 0.359. The lowest BCUT2D eigenvalue weighted by molar-refractivity contribution is 0.0919. The Balaban J connectivity index is 1.51. The first-order valence-corrected chi connectivity index (χ1v) is 10.1. The van der Waals surface area contributed by atoms with Crippen LogP contribution in [0.5, 0.6) is 5.75 Å². The molecule has 0 saturated carbocycles. The van der Waals surface area contributed by atoms with Crippen molar-refractivity contribution in [2.24, 2.45) is 0 Å². The van der Waals surface area contributed by atoms with Gasteiger partial charge in [0.1, 0.15) is 12.4 Å². The monoisotopic (exact) mass is 470 g/mol. The lowest BCUT2D eigenvalue weighted by Gasteiger charge is -2.16. The molecule has 0 aliphatic carbocycles. The molecule has 1 aromatic carbocycles. The number of ether oxygens (including phenoxy) is 1. The Kier molecular flexibility index (Phi) is 5.84. The second kappa shape index (κ2) is 8.74. The Labute approximate surface area is 191 Å². The molecule has 0 aliphatic rings. The van der Waals surface area contributed by atoms with E-state index < -0.39 is 18.0 Å². The van der Waals surface area contributed by atoms with Gasteiger partial charge in [0.2, 0.25) is 0 Å². The van der Waals surface area contributed by atoms with Gasteiger partial charge in [-0.25, -0.2) is 14.3 Å². The standard InChI is InChI=1S/C20H19ClN8O4/c1-10(9-33-16-8-24-26-13-4-3-11(22)5-12(13)16)25-19(30)15-7-23-18-14(28(2)20(31)32)6-17(21)27-29(15)18/h3-8,10H,9,22H2,1-2H3,(H,25,30)(H,31,32). The van der Waals surface area contributed by atoms with E-state index in [0.29, 0.717) is 22.3 Å². The summed E-state index contributed by atoms with van der Waals surface area (Å²) in [5, 5.41) is 24.8. The van der Waals surface area contributed by atoms with Crippen LogP contribution in [0.15, 0.2) is 36.7 Å². The number of carbonyl (C=O) groups is 2. The van der Waals surface area contributed by atoms with Crippen molar-refractivity contribution in [2.75, 3.05) is 24.3 Å². The van der Waals surface area contributed by atoms with Gasteiger partial charge in [-0.05, 0) is 25.1 Å². The van der Waals surface area contributed by atoms with E-state index in [1.165, 1.54) is 30.0 Å². The molecule has 3 heterocycles. The van der Waals surface area contributed by atoms with Gasteiger partial charge >= 0.3 is 6.09 Å². The second-order valence-electron chi connectivity index (χ2n) is 7.24. The van der Waals surface area contributed by atoms with Crippen LogP contribution in [-0.2, 0) is 0 Å². The molecular weight excluding hydrogens is 452 g/mol. The summed E-state index contributed by atoms with van der Waals surface area (Å²) in [6.07, 6.45) is 1.57. The Bertz CT molecular complexity index is 1380. The summed E-state index contributed by atoms with van der Waals surface area (Å²) in [4.78, 5) is 29.3. The molecule has 0 aliphatic heterocycles. The van der Waals surface area contributed by atoms with Crippen LogP contribution in [0, 0.1) is 0 Å². The fourth-order valence-corrected chi connectivity index (χ4v) is 3.33. The van der Waals surface area contributed by atoms with Gasteiger partial charge < -0.3 is 20.9 Å². The molecule has 0 saturated heterocycles. The fourth-order valence-electron chi connectivity index (χ4n) is 3.15. The largest absolute Gasteiger partial charge is 0.489 e. The van der Waals surface area contributed by atoms with Crippen molar-refractivity contribution in [1.82, 2.24) is 30.1 Å². The molecule has 4 rings (SSSR count). The van der Waals surface area contributed by atoms with Crippen molar-refractivity contribution in [1.29, 1.82) is 0 Å². The SMILES string of the molecule is CC(COc1cnnc2ccc(N)cc12)NC(=O)c1cnc2c(N(C)C(=O)O)cc(Cl)nn12. The fraction of sp³-hybridized carbons (Fsp3) is 0.200. The highest BCUT2D eigenvalue weighted by Gasteiger charge is 2.21. The van der Waals surface area contributed by atoms with E-state index in [1.807, 2.05) is 0 Å². The van der Waals surface area contributed by atoms with Gasteiger partial charge in [-0.1, -0.05) is 11.6 Å². The minimum Gasteiger partial charge on any atom is -0.489 e. The molecule has 33 heavy (non-hydrogen) atoms. The summed E-state index contributed by atoms with van der Waals surface area (Å²) in [7, 11) is 1.34. The topological polar surface area (TPSA) is 161 Å².